The summed E-state index contributed by atoms with van der Waals surface area (Å²) in [5.74, 6) is 2.19. The highest BCUT2D eigenvalue weighted by Crippen LogP contribution is 2.28. The van der Waals surface area contributed by atoms with Crippen molar-refractivity contribution in [3.05, 3.63) is 47.6 Å². The van der Waals surface area contributed by atoms with Crippen molar-refractivity contribution in [2.24, 2.45) is 0 Å². The summed E-state index contributed by atoms with van der Waals surface area (Å²) in [5.41, 5.74) is 1.30. The second-order valence-corrected chi connectivity index (χ2v) is 7.63. The van der Waals surface area contributed by atoms with Gasteiger partial charge in [0.05, 0.1) is 11.5 Å². The minimum atomic E-state index is 0.0171. The van der Waals surface area contributed by atoms with Crippen LogP contribution >= 0.6 is 11.8 Å². The monoisotopic (exact) mass is 347 g/mol. The molecule has 0 spiro atoms. The van der Waals surface area contributed by atoms with Crippen LogP contribution in [0, 0.1) is 6.92 Å². The quantitative estimate of drug-likeness (QED) is 0.792. The second-order valence-electron chi connectivity index (χ2n) is 6.65. The van der Waals surface area contributed by atoms with E-state index in [1.165, 1.54) is 17.3 Å². The Bertz CT molecular complexity index is 655. The standard InChI is InChI=1S/C18H25N3O2S/c1-13(10-18(3,4)15-8-6-5-7-9-15)19-17(22)12-24-11-16-20-14(2)23-21-16/h5-9,13H,10-12H2,1-4H3,(H,19,22)/t13-/m1/s1. The Morgan fingerprint density at radius 2 is 2.04 bits per heavy atom. The first-order valence-electron chi connectivity index (χ1n) is 8.08. The van der Waals surface area contributed by atoms with Gasteiger partial charge in [-0.25, -0.2) is 0 Å². The lowest BCUT2D eigenvalue weighted by Crippen LogP contribution is -2.38. The lowest BCUT2D eigenvalue weighted by molar-refractivity contribution is -0.119. The molecular formula is C18H25N3O2S. The highest BCUT2D eigenvalue weighted by molar-refractivity contribution is 7.99. The number of carbonyl (C=O) groups is 1. The fourth-order valence-electron chi connectivity index (χ4n) is 2.78. The van der Waals surface area contributed by atoms with Crippen molar-refractivity contribution in [1.82, 2.24) is 15.5 Å². The number of nitrogens with one attached hydrogen (secondary N) is 1. The van der Waals surface area contributed by atoms with Gasteiger partial charge in [0.25, 0.3) is 0 Å². The Morgan fingerprint density at radius 1 is 1.33 bits per heavy atom. The molecule has 1 amide bonds. The van der Waals surface area contributed by atoms with Gasteiger partial charge in [0.1, 0.15) is 0 Å². The molecule has 1 N–H and O–H groups in total. The SMILES string of the molecule is Cc1nc(CSCC(=O)N[C@H](C)CC(C)(C)c2ccccc2)no1. The zero-order valence-electron chi connectivity index (χ0n) is 14.7. The van der Waals surface area contributed by atoms with Crippen molar-refractivity contribution in [2.75, 3.05) is 5.75 Å². The number of benzene rings is 1. The molecule has 24 heavy (non-hydrogen) atoms. The molecule has 130 valence electrons. The molecule has 0 unspecified atom stereocenters. The number of aryl methyl sites for hydroxylation is 1. The maximum absolute atomic E-state index is 12.1. The van der Waals surface area contributed by atoms with E-state index in [2.05, 4.69) is 60.5 Å². The molecule has 2 rings (SSSR count). The first kappa shape index (κ1) is 18.5. The highest BCUT2D eigenvalue weighted by Gasteiger charge is 2.23. The number of thioether (sulfide) groups is 1. The van der Waals surface area contributed by atoms with E-state index < -0.39 is 0 Å². The van der Waals surface area contributed by atoms with E-state index >= 15 is 0 Å². The van der Waals surface area contributed by atoms with Gasteiger partial charge in [0.15, 0.2) is 5.82 Å². The molecule has 2 aromatic rings. The van der Waals surface area contributed by atoms with Gasteiger partial charge in [0, 0.05) is 13.0 Å². The van der Waals surface area contributed by atoms with Gasteiger partial charge < -0.3 is 9.84 Å². The molecule has 0 fully saturated rings. The maximum atomic E-state index is 12.1. The van der Waals surface area contributed by atoms with Crippen LogP contribution in [0.4, 0.5) is 0 Å². The summed E-state index contributed by atoms with van der Waals surface area (Å²) in [7, 11) is 0. The summed E-state index contributed by atoms with van der Waals surface area (Å²) in [6, 6.07) is 10.5. The predicted octanol–water partition coefficient (Wildman–Crippen LogP) is 3.48. The molecular weight excluding hydrogens is 322 g/mol. The van der Waals surface area contributed by atoms with Crippen LogP contribution in [0.2, 0.25) is 0 Å². The van der Waals surface area contributed by atoms with Crippen molar-refractivity contribution in [3.63, 3.8) is 0 Å². The number of carbonyl (C=O) groups excluding carboxylic acids is 1. The van der Waals surface area contributed by atoms with Crippen LogP contribution < -0.4 is 5.32 Å². The Labute approximate surface area is 147 Å². The normalized spacial score (nSPS) is 12.8. The van der Waals surface area contributed by atoms with Crippen molar-refractivity contribution in [3.8, 4) is 0 Å². The minimum absolute atomic E-state index is 0.0171. The fraction of sp³-hybridized carbons (Fsp3) is 0.500. The smallest absolute Gasteiger partial charge is 0.230 e. The molecule has 1 aromatic heterocycles. The van der Waals surface area contributed by atoms with Crippen LogP contribution in [0.5, 0.6) is 0 Å². The van der Waals surface area contributed by atoms with Crippen molar-refractivity contribution in [1.29, 1.82) is 0 Å². The van der Waals surface area contributed by atoms with Gasteiger partial charge in [-0.1, -0.05) is 49.3 Å². The largest absolute Gasteiger partial charge is 0.353 e. The molecule has 0 saturated heterocycles. The Hall–Kier alpha value is -1.82. The predicted molar refractivity (Wildman–Crippen MR) is 96.9 cm³/mol. The van der Waals surface area contributed by atoms with Crippen LogP contribution in [0.3, 0.4) is 0 Å². The zero-order chi connectivity index (χ0) is 17.6. The topological polar surface area (TPSA) is 68.0 Å². The van der Waals surface area contributed by atoms with E-state index in [-0.39, 0.29) is 17.4 Å². The molecule has 0 aliphatic rings. The van der Waals surface area contributed by atoms with E-state index in [0.717, 1.165) is 6.42 Å². The van der Waals surface area contributed by atoms with Gasteiger partial charge >= 0.3 is 0 Å². The van der Waals surface area contributed by atoms with Gasteiger partial charge in [0.2, 0.25) is 11.8 Å². The molecule has 1 atom stereocenters. The van der Waals surface area contributed by atoms with Crippen LogP contribution in [0.1, 0.15) is 44.5 Å². The summed E-state index contributed by atoms with van der Waals surface area (Å²) in [6.07, 6.45) is 0.886. The van der Waals surface area contributed by atoms with Crippen molar-refractivity contribution >= 4 is 17.7 Å². The van der Waals surface area contributed by atoms with Crippen molar-refractivity contribution in [2.45, 2.75) is 51.3 Å². The van der Waals surface area contributed by atoms with E-state index in [1.807, 2.05) is 6.07 Å². The van der Waals surface area contributed by atoms with Crippen LogP contribution in [0.15, 0.2) is 34.9 Å². The summed E-state index contributed by atoms with van der Waals surface area (Å²) >= 11 is 1.49. The first-order valence-corrected chi connectivity index (χ1v) is 9.24. The molecule has 5 nitrogen and oxygen atoms in total. The number of amides is 1. The number of hydrogen-bond donors (Lipinski definition) is 1. The van der Waals surface area contributed by atoms with Crippen LogP contribution in [0.25, 0.3) is 0 Å². The third-order valence-corrected chi connectivity index (χ3v) is 4.74. The Balaban J connectivity index is 1.75. The summed E-state index contributed by atoms with van der Waals surface area (Å²) in [6.45, 7) is 8.22. The van der Waals surface area contributed by atoms with E-state index in [9.17, 15) is 4.79 Å². The third kappa shape index (κ3) is 5.67. The average Bonchev–Trinajstić information content (AvgIpc) is 2.93. The van der Waals surface area contributed by atoms with Crippen LogP contribution in [-0.4, -0.2) is 27.8 Å². The van der Waals surface area contributed by atoms with Crippen LogP contribution in [-0.2, 0) is 16.0 Å². The van der Waals surface area contributed by atoms with E-state index in [0.29, 0.717) is 23.2 Å². The van der Waals surface area contributed by atoms with Gasteiger partial charge in [-0.05, 0) is 24.3 Å². The average molecular weight is 347 g/mol. The molecule has 0 bridgehead atoms. The van der Waals surface area contributed by atoms with E-state index in [4.69, 9.17) is 4.52 Å². The Morgan fingerprint density at radius 3 is 2.67 bits per heavy atom. The van der Waals surface area contributed by atoms with E-state index in [1.54, 1.807) is 6.92 Å². The third-order valence-electron chi connectivity index (χ3n) is 3.81. The number of nitrogens with zero attached hydrogens (tertiary/aromatic N) is 2. The van der Waals surface area contributed by atoms with Gasteiger partial charge in [-0.2, -0.15) is 4.98 Å². The molecule has 0 radical (unpaired) electrons. The molecule has 6 heteroatoms. The number of hydrogen-bond acceptors (Lipinski definition) is 5. The van der Waals surface area contributed by atoms with Gasteiger partial charge in [-0.3, -0.25) is 4.79 Å². The van der Waals surface area contributed by atoms with Crippen molar-refractivity contribution < 1.29 is 9.32 Å². The minimum Gasteiger partial charge on any atom is -0.353 e. The second kappa shape index (κ2) is 8.33. The molecule has 1 heterocycles. The number of aromatic nitrogens is 2. The summed E-state index contributed by atoms with van der Waals surface area (Å²) in [4.78, 5) is 16.2. The molecule has 0 aliphatic carbocycles. The summed E-state index contributed by atoms with van der Waals surface area (Å²) < 4.78 is 4.91. The molecule has 0 saturated carbocycles. The highest BCUT2D eigenvalue weighted by atomic mass is 32.2. The molecule has 0 aliphatic heterocycles. The fourth-order valence-corrected chi connectivity index (χ4v) is 3.45. The Kier molecular flexibility index (Phi) is 6.43. The zero-order valence-corrected chi connectivity index (χ0v) is 15.5. The number of rotatable bonds is 8. The molecule has 1 aromatic carbocycles. The lowest BCUT2D eigenvalue weighted by atomic mass is 9.79. The maximum Gasteiger partial charge on any atom is 0.230 e. The van der Waals surface area contributed by atoms with Gasteiger partial charge in [-0.15, -0.1) is 11.8 Å². The lowest BCUT2D eigenvalue weighted by Gasteiger charge is -2.29. The first-order chi connectivity index (χ1) is 11.4. The summed E-state index contributed by atoms with van der Waals surface area (Å²) in [5, 5.41) is 6.89.